The molecule has 0 radical (unpaired) electrons. The summed E-state index contributed by atoms with van der Waals surface area (Å²) in [5.41, 5.74) is 3.50. The number of hydrogen-bond donors (Lipinski definition) is 3. The molecule has 3 aromatic rings. The first-order valence-corrected chi connectivity index (χ1v) is 7.69. The Bertz CT molecular complexity index is 1120. The second kappa shape index (κ2) is 8.00. The quantitative estimate of drug-likeness (QED) is 0.363. The average Bonchev–Trinajstić information content (AvgIpc) is 3.18. The minimum atomic E-state index is -1.19. The summed E-state index contributed by atoms with van der Waals surface area (Å²) in [6.07, 6.45) is 2.09. The SMILES string of the molecule is CNC(=O)Cc1cccc2c1Cc1c-2[nH]c(=O)c2nc(C(=O)O)cn12.O.O.O. The van der Waals surface area contributed by atoms with E-state index in [1.165, 1.54) is 10.6 Å². The van der Waals surface area contributed by atoms with Crippen molar-refractivity contribution in [3.8, 4) is 11.3 Å². The molecular formula is C17H20N4O7. The van der Waals surface area contributed by atoms with E-state index in [0.717, 1.165) is 22.4 Å². The Labute approximate surface area is 157 Å². The topological polar surface area (TPSA) is 211 Å². The monoisotopic (exact) mass is 392 g/mol. The molecule has 11 heteroatoms. The fraction of sp³-hybridized carbons (Fsp3) is 0.176. The van der Waals surface area contributed by atoms with E-state index in [0.29, 0.717) is 12.1 Å². The van der Waals surface area contributed by atoms with E-state index in [4.69, 9.17) is 5.11 Å². The molecule has 150 valence electrons. The zero-order chi connectivity index (χ0) is 17.7. The van der Waals surface area contributed by atoms with Gasteiger partial charge in [0.2, 0.25) is 11.6 Å². The van der Waals surface area contributed by atoms with Crippen molar-refractivity contribution in [1.82, 2.24) is 19.7 Å². The molecule has 1 aliphatic carbocycles. The van der Waals surface area contributed by atoms with E-state index < -0.39 is 11.5 Å². The summed E-state index contributed by atoms with van der Waals surface area (Å²) < 4.78 is 1.53. The molecule has 11 nitrogen and oxygen atoms in total. The molecule has 1 amide bonds. The zero-order valence-electron chi connectivity index (χ0n) is 14.8. The van der Waals surface area contributed by atoms with E-state index in [1.54, 1.807) is 7.05 Å². The number of fused-ring (bicyclic) bond motifs is 5. The van der Waals surface area contributed by atoms with Crippen LogP contribution in [0.25, 0.3) is 16.9 Å². The van der Waals surface area contributed by atoms with Gasteiger partial charge in [-0.2, -0.15) is 0 Å². The van der Waals surface area contributed by atoms with Crippen LogP contribution in [0.3, 0.4) is 0 Å². The van der Waals surface area contributed by atoms with Gasteiger partial charge in [-0.3, -0.25) is 14.0 Å². The van der Waals surface area contributed by atoms with E-state index >= 15 is 0 Å². The number of nitrogens with one attached hydrogen (secondary N) is 2. The van der Waals surface area contributed by atoms with Gasteiger partial charge in [0.05, 0.1) is 17.8 Å². The van der Waals surface area contributed by atoms with Crippen LogP contribution >= 0.6 is 0 Å². The summed E-state index contributed by atoms with van der Waals surface area (Å²) >= 11 is 0. The highest BCUT2D eigenvalue weighted by atomic mass is 16.4. The minimum Gasteiger partial charge on any atom is -0.476 e. The molecule has 0 unspecified atom stereocenters. The summed E-state index contributed by atoms with van der Waals surface area (Å²) in [7, 11) is 1.58. The first kappa shape index (κ1) is 22.5. The third kappa shape index (κ3) is 3.24. The lowest BCUT2D eigenvalue weighted by Crippen LogP contribution is -2.20. The van der Waals surface area contributed by atoms with Gasteiger partial charge >= 0.3 is 5.97 Å². The van der Waals surface area contributed by atoms with Gasteiger partial charge in [0.25, 0.3) is 5.56 Å². The fourth-order valence-electron chi connectivity index (χ4n) is 3.28. The Morgan fingerprint density at radius 2 is 2.00 bits per heavy atom. The number of nitrogens with zero attached hydrogens (tertiary/aromatic N) is 2. The maximum absolute atomic E-state index is 12.3. The molecule has 0 atom stereocenters. The average molecular weight is 392 g/mol. The molecule has 0 fully saturated rings. The van der Waals surface area contributed by atoms with Gasteiger partial charge in [-0.1, -0.05) is 18.2 Å². The normalized spacial score (nSPS) is 10.8. The van der Waals surface area contributed by atoms with Crippen molar-refractivity contribution in [2.24, 2.45) is 0 Å². The summed E-state index contributed by atoms with van der Waals surface area (Å²) in [6, 6.07) is 5.60. The summed E-state index contributed by atoms with van der Waals surface area (Å²) in [6.45, 7) is 0. The fourth-order valence-corrected chi connectivity index (χ4v) is 3.28. The van der Waals surface area contributed by atoms with Crippen LogP contribution < -0.4 is 10.9 Å². The van der Waals surface area contributed by atoms with Crippen LogP contribution in [0.5, 0.6) is 0 Å². The lowest BCUT2D eigenvalue weighted by atomic mass is 10.00. The maximum Gasteiger partial charge on any atom is 0.356 e. The first-order valence-electron chi connectivity index (χ1n) is 7.69. The molecule has 9 N–H and O–H groups in total. The van der Waals surface area contributed by atoms with Crippen LogP contribution in [0.2, 0.25) is 0 Å². The molecule has 0 aliphatic heterocycles. The number of H-pyrrole nitrogens is 1. The zero-order valence-corrected chi connectivity index (χ0v) is 14.8. The number of aromatic amines is 1. The Kier molecular flexibility index (Phi) is 6.43. The second-order valence-corrected chi connectivity index (χ2v) is 5.87. The number of imidazole rings is 1. The number of carbonyl (C=O) groups excluding carboxylic acids is 1. The smallest absolute Gasteiger partial charge is 0.356 e. The van der Waals surface area contributed by atoms with Crippen LogP contribution in [0.15, 0.2) is 29.2 Å². The molecule has 1 aromatic carbocycles. The molecule has 1 aliphatic rings. The van der Waals surface area contributed by atoms with Gasteiger partial charge in [-0.15, -0.1) is 0 Å². The number of carboxylic acids is 1. The van der Waals surface area contributed by atoms with Gasteiger partial charge in [0.15, 0.2) is 5.69 Å². The maximum atomic E-state index is 12.3. The standard InChI is InChI=1S/C17H14N4O4.3H2O/c1-18-13(22)5-8-3-2-4-9-10(8)6-12-14(9)20-16(23)15-19-11(17(24)25)7-21(12)15;;;/h2-4,7H,5-6H2,1H3,(H,18,22)(H,20,23)(H,24,25);3*1H2. The predicted molar refractivity (Wildman–Crippen MR) is 99.6 cm³/mol. The number of amides is 1. The summed E-state index contributed by atoms with van der Waals surface area (Å²) in [5.74, 6) is -1.29. The Morgan fingerprint density at radius 3 is 2.64 bits per heavy atom. The minimum absolute atomic E-state index is 0. The van der Waals surface area contributed by atoms with Crippen LogP contribution in [0.1, 0.15) is 27.3 Å². The van der Waals surface area contributed by atoms with Gasteiger partial charge in [0, 0.05) is 25.2 Å². The van der Waals surface area contributed by atoms with Crippen molar-refractivity contribution in [2.45, 2.75) is 12.8 Å². The predicted octanol–water partition coefficient (Wildman–Crippen LogP) is -1.89. The van der Waals surface area contributed by atoms with Gasteiger partial charge in [0.1, 0.15) is 0 Å². The van der Waals surface area contributed by atoms with Crippen LogP contribution in [-0.2, 0) is 17.6 Å². The van der Waals surface area contributed by atoms with E-state index in [2.05, 4.69) is 15.3 Å². The number of aromatic nitrogens is 3. The van der Waals surface area contributed by atoms with Crippen molar-refractivity contribution in [3.63, 3.8) is 0 Å². The number of carboxylic acid groups (broad SMARTS) is 1. The Hall–Kier alpha value is -3.54. The molecule has 0 bridgehead atoms. The largest absolute Gasteiger partial charge is 0.476 e. The van der Waals surface area contributed by atoms with E-state index in [-0.39, 0.29) is 40.1 Å². The van der Waals surface area contributed by atoms with E-state index in [9.17, 15) is 14.4 Å². The Morgan fingerprint density at radius 1 is 1.29 bits per heavy atom. The molecule has 0 saturated heterocycles. The van der Waals surface area contributed by atoms with Gasteiger partial charge in [-0.05, 0) is 11.1 Å². The van der Waals surface area contributed by atoms with Crippen molar-refractivity contribution < 1.29 is 31.1 Å². The number of rotatable bonds is 3. The molecular weight excluding hydrogens is 372 g/mol. The summed E-state index contributed by atoms with van der Waals surface area (Å²) in [4.78, 5) is 41.9. The third-order valence-electron chi connectivity index (χ3n) is 4.46. The lowest BCUT2D eigenvalue weighted by molar-refractivity contribution is -0.119. The number of likely N-dealkylation sites (N-methyl/N-ethyl adjacent to an activating group) is 1. The molecule has 4 rings (SSSR count). The lowest BCUT2D eigenvalue weighted by Gasteiger charge is -2.07. The van der Waals surface area contributed by atoms with Crippen LogP contribution in [0, 0.1) is 0 Å². The molecule has 2 heterocycles. The van der Waals surface area contributed by atoms with Crippen LogP contribution in [-0.4, -0.2) is 54.8 Å². The molecule has 0 spiro atoms. The van der Waals surface area contributed by atoms with Crippen molar-refractivity contribution >= 4 is 17.5 Å². The highest BCUT2D eigenvalue weighted by Gasteiger charge is 2.26. The molecule has 28 heavy (non-hydrogen) atoms. The number of benzene rings is 1. The van der Waals surface area contributed by atoms with Gasteiger partial charge in [-0.25, -0.2) is 9.78 Å². The highest BCUT2D eigenvalue weighted by molar-refractivity contribution is 5.86. The van der Waals surface area contributed by atoms with Crippen molar-refractivity contribution in [3.05, 3.63) is 57.3 Å². The Balaban J connectivity index is 0.00000131. The third-order valence-corrected chi connectivity index (χ3v) is 4.46. The number of carbonyl (C=O) groups is 2. The summed E-state index contributed by atoms with van der Waals surface area (Å²) in [5, 5.41) is 11.7. The van der Waals surface area contributed by atoms with Crippen LogP contribution in [0.4, 0.5) is 0 Å². The highest BCUT2D eigenvalue weighted by Crippen LogP contribution is 2.36. The van der Waals surface area contributed by atoms with E-state index in [1.807, 2.05) is 18.2 Å². The number of hydrogen-bond acceptors (Lipinski definition) is 4. The molecule has 2 aromatic heterocycles. The second-order valence-electron chi connectivity index (χ2n) is 5.87. The number of aromatic carboxylic acids is 1. The molecule has 0 saturated carbocycles. The van der Waals surface area contributed by atoms with Crippen molar-refractivity contribution in [1.29, 1.82) is 0 Å². The van der Waals surface area contributed by atoms with Gasteiger partial charge < -0.3 is 31.8 Å². The first-order chi connectivity index (χ1) is 12.0. The van der Waals surface area contributed by atoms with Crippen molar-refractivity contribution in [2.75, 3.05) is 7.05 Å².